The quantitative estimate of drug-likeness (QED) is 0.798. The number of nitrogens with two attached hydrogens (primary N) is 1. The van der Waals surface area contributed by atoms with E-state index in [1.165, 1.54) is 0 Å². The normalized spacial score (nSPS) is 15.7. The Balaban J connectivity index is 2.96. The molecule has 12 heavy (non-hydrogen) atoms. The van der Waals surface area contributed by atoms with Crippen LogP contribution in [0.15, 0.2) is 22.8 Å². The molecule has 0 aromatic carbocycles. The van der Waals surface area contributed by atoms with Crippen molar-refractivity contribution in [2.45, 2.75) is 12.5 Å². The molecule has 0 fully saturated rings. The lowest BCUT2D eigenvalue weighted by Crippen LogP contribution is -2.32. The van der Waals surface area contributed by atoms with Gasteiger partial charge in [-0.2, -0.15) is 0 Å². The summed E-state index contributed by atoms with van der Waals surface area (Å²) in [7, 11) is 0. The second-order valence-corrected chi connectivity index (χ2v) is 3.76. The number of rotatable bonds is 2. The summed E-state index contributed by atoms with van der Waals surface area (Å²) in [5.74, 6) is 0. The third-order valence-corrected chi connectivity index (χ3v) is 2.15. The van der Waals surface area contributed by atoms with E-state index in [4.69, 9.17) is 5.73 Å². The zero-order valence-corrected chi connectivity index (χ0v) is 8.37. The van der Waals surface area contributed by atoms with E-state index in [0.717, 1.165) is 4.47 Å². The number of aromatic nitrogens is 1. The van der Waals surface area contributed by atoms with Gasteiger partial charge in [-0.05, 0) is 35.0 Å². The van der Waals surface area contributed by atoms with Gasteiger partial charge in [-0.15, -0.1) is 0 Å². The summed E-state index contributed by atoms with van der Waals surface area (Å²) in [6.07, 6.45) is 1.64. The van der Waals surface area contributed by atoms with E-state index in [1.54, 1.807) is 19.2 Å². The molecule has 0 aliphatic carbocycles. The van der Waals surface area contributed by atoms with Crippen LogP contribution in [-0.2, 0) is 5.60 Å². The lowest BCUT2D eigenvalue weighted by atomic mass is 10.0. The topological polar surface area (TPSA) is 59.1 Å². The Labute approximate surface area is 79.7 Å². The van der Waals surface area contributed by atoms with Crippen molar-refractivity contribution in [1.82, 2.24) is 4.98 Å². The standard InChI is InChI=1S/C8H11BrN2O/c1-8(12,5-10)7-3-2-6(9)4-11-7/h2-4,12H,5,10H2,1H3. The van der Waals surface area contributed by atoms with Crippen molar-refractivity contribution in [1.29, 1.82) is 0 Å². The van der Waals surface area contributed by atoms with Crippen LogP contribution in [0.5, 0.6) is 0 Å². The minimum Gasteiger partial charge on any atom is -0.383 e. The van der Waals surface area contributed by atoms with Gasteiger partial charge in [-0.25, -0.2) is 0 Å². The van der Waals surface area contributed by atoms with E-state index in [1.807, 2.05) is 6.07 Å². The summed E-state index contributed by atoms with van der Waals surface area (Å²) in [6, 6.07) is 3.57. The van der Waals surface area contributed by atoms with Crippen LogP contribution < -0.4 is 5.73 Å². The number of pyridine rings is 1. The summed E-state index contributed by atoms with van der Waals surface area (Å²) >= 11 is 3.26. The maximum absolute atomic E-state index is 9.68. The first-order valence-corrected chi connectivity index (χ1v) is 4.40. The predicted octanol–water partition coefficient (Wildman–Crippen LogP) is 1.01. The highest BCUT2D eigenvalue weighted by Gasteiger charge is 2.21. The lowest BCUT2D eigenvalue weighted by Gasteiger charge is -2.19. The molecule has 0 amide bonds. The molecule has 1 aromatic heterocycles. The minimum atomic E-state index is -1.03. The van der Waals surface area contributed by atoms with Gasteiger partial charge in [0.05, 0.1) is 5.69 Å². The first kappa shape index (κ1) is 9.64. The summed E-state index contributed by atoms with van der Waals surface area (Å²) in [5, 5.41) is 9.68. The molecule has 66 valence electrons. The average Bonchev–Trinajstić information content (AvgIpc) is 2.05. The summed E-state index contributed by atoms with van der Waals surface area (Å²) in [5.41, 5.74) is 4.94. The molecule has 0 saturated carbocycles. The largest absolute Gasteiger partial charge is 0.383 e. The molecular weight excluding hydrogens is 220 g/mol. The van der Waals surface area contributed by atoms with Gasteiger partial charge < -0.3 is 10.8 Å². The van der Waals surface area contributed by atoms with Crippen LogP contribution in [0.1, 0.15) is 12.6 Å². The van der Waals surface area contributed by atoms with Gasteiger partial charge in [0, 0.05) is 17.2 Å². The molecule has 0 bridgehead atoms. The lowest BCUT2D eigenvalue weighted by molar-refractivity contribution is 0.0622. The van der Waals surface area contributed by atoms with Crippen LogP contribution in [0.3, 0.4) is 0 Å². The van der Waals surface area contributed by atoms with Crippen molar-refractivity contribution in [2.24, 2.45) is 5.73 Å². The van der Waals surface area contributed by atoms with Gasteiger partial charge in [-0.3, -0.25) is 4.98 Å². The summed E-state index contributed by atoms with van der Waals surface area (Å²) in [6.45, 7) is 1.81. The van der Waals surface area contributed by atoms with Gasteiger partial charge in [-0.1, -0.05) is 0 Å². The SMILES string of the molecule is CC(O)(CN)c1ccc(Br)cn1. The molecule has 0 aliphatic rings. The smallest absolute Gasteiger partial charge is 0.116 e. The average molecular weight is 231 g/mol. The Hall–Kier alpha value is -0.450. The molecule has 3 nitrogen and oxygen atoms in total. The van der Waals surface area contributed by atoms with E-state index in [2.05, 4.69) is 20.9 Å². The molecule has 1 rings (SSSR count). The van der Waals surface area contributed by atoms with E-state index in [0.29, 0.717) is 5.69 Å². The predicted molar refractivity (Wildman–Crippen MR) is 50.6 cm³/mol. The van der Waals surface area contributed by atoms with Gasteiger partial charge >= 0.3 is 0 Å². The fourth-order valence-electron chi connectivity index (χ4n) is 0.799. The fraction of sp³-hybridized carbons (Fsp3) is 0.375. The van der Waals surface area contributed by atoms with Gasteiger partial charge in [0.15, 0.2) is 0 Å². The third-order valence-electron chi connectivity index (χ3n) is 1.68. The molecular formula is C8H11BrN2O. The van der Waals surface area contributed by atoms with Crippen molar-refractivity contribution in [3.05, 3.63) is 28.5 Å². The molecule has 3 N–H and O–H groups in total. The summed E-state index contributed by atoms with van der Waals surface area (Å²) in [4.78, 5) is 4.04. The molecule has 4 heteroatoms. The fourth-order valence-corrected chi connectivity index (χ4v) is 1.03. The van der Waals surface area contributed by atoms with Crippen molar-refractivity contribution in [3.8, 4) is 0 Å². The zero-order chi connectivity index (χ0) is 9.19. The number of hydrogen-bond donors (Lipinski definition) is 2. The monoisotopic (exact) mass is 230 g/mol. The van der Waals surface area contributed by atoms with E-state index < -0.39 is 5.60 Å². The third kappa shape index (κ3) is 2.03. The van der Waals surface area contributed by atoms with Crippen LogP contribution in [0.2, 0.25) is 0 Å². The number of aliphatic hydroxyl groups is 1. The molecule has 1 unspecified atom stereocenters. The summed E-state index contributed by atoms with van der Waals surface area (Å²) < 4.78 is 0.888. The number of nitrogens with zero attached hydrogens (tertiary/aromatic N) is 1. The number of hydrogen-bond acceptors (Lipinski definition) is 3. The Morgan fingerprint density at radius 3 is 2.75 bits per heavy atom. The van der Waals surface area contributed by atoms with Crippen LogP contribution >= 0.6 is 15.9 Å². The second kappa shape index (κ2) is 3.51. The maximum atomic E-state index is 9.68. The van der Waals surface area contributed by atoms with E-state index >= 15 is 0 Å². The Morgan fingerprint density at radius 2 is 2.33 bits per heavy atom. The first-order valence-electron chi connectivity index (χ1n) is 3.61. The van der Waals surface area contributed by atoms with E-state index in [-0.39, 0.29) is 6.54 Å². The maximum Gasteiger partial charge on any atom is 0.116 e. The molecule has 1 atom stereocenters. The highest BCUT2D eigenvalue weighted by molar-refractivity contribution is 9.10. The van der Waals surface area contributed by atoms with Gasteiger partial charge in [0.2, 0.25) is 0 Å². The van der Waals surface area contributed by atoms with E-state index in [9.17, 15) is 5.11 Å². The highest BCUT2D eigenvalue weighted by Crippen LogP contribution is 2.18. The van der Waals surface area contributed by atoms with Gasteiger partial charge in [0.25, 0.3) is 0 Å². The van der Waals surface area contributed by atoms with Gasteiger partial charge in [0.1, 0.15) is 5.60 Å². The Bertz CT molecular complexity index is 258. The number of halogens is 1. The van der Waals surface area contributed by atoms with Crippen LogP contribution in [0.25, 0.3) is 0 Å². The Morgan fingerprint density at radius 1 is 1.67 bits per heavy atom. The molecule has 0 saturated heterocycles. The molecule has 0 aliphatic heterocycles. The molecule has 1 aromatic rings. The Kier molecular flexibility index (Phi) is 2.82. The first-order chi connectivity index (χ1) is 5.56. The molecule has 0 radical (unpaired) electrons. The zero-order valence-electron chi connectivity index (χ0n) is 6.79. The molecule has 0 spiro atoms. The minimum absolute atomic E-state index is 0.168. The van der Waals surface area contributed by atoms with Crippen LogP contribution in [0.4, 0.5) is 0 Å². The molecule has 1 heterocycles. The van der Waals surface area contributed by atoms with Crippen LogP contribution in [0, 0.1) is 0 Å². The van der Waals surface area contributed by atoms with Crippen molar-refractivity contribution < 1.29 is 5.11 Å². The van der Waals surface area contributed by atoms with Crippen LogP contribution in [-0.4, -0.2) is 16.6 Å². The second-order valence-electron chi connectivity index (χ2n) is 2.84. The highest BCUT2D eigenvalue weighted by atomic mass is 79.9. The van der Waals surface area contributed by atoms with Crippen molar-refractivity contribution >= 4 is 15.9 Å². The van der Waals surface area contributed by atoms with Crippen molar-refractivity contribution in [3.63, 3.8) is 0 Å². The van der Waals surface area contributed by atoms with Crippen molar-refractivity contribution in [2.75, 3.05) is 6.54 Å².